The zero-order valence-corrected chi connectivity index (χ0v) is 12.2. The number of nitrogens with one attached hydrogen (secondary N) is 1. The SMILES string of the molecule is COc1ccccc1NS(=O)(=O)c1cc(F)ccc1CN. The molecule has 0 aromatic heterocycles. The van der Waals surface area contributed by atoms with E-state index in [1.807, 2.05) is 0 Å². The molecule has 0 aliphatic carbocycles. The molecular formula is C14H15FN2O3S. The van der Waals surface area contributed by atoms with Crippen LogP contribution in [0.25, 0.3) is 0 Å². The Balaban J connectivity index is 2.46. The van der Waals surface area contributed by atoms with Gasteiger partial charge in [-0.1, -0.05) is 18.2 Å². The summed E-state index contributed by atoms with van der Waals surface area (Å²) in [7, 11) is -2.53. The van der Waals surface area contributed by atoms with E-state index < -0.39 is 15.8 Å². The lowest BCUT2D eigenvalue weighted by Crippen LogP contribution is -2.17. The molecule has 0 bridgehead atoms. The third-order valence-electron chi connectivity index (χ3n) is 2.89. The Kier molecular flexibility index (Phi) is 4.44. The number of nitrogens with two attached hydrogens (primary N) is 1. The van der Waals surface area contributed by atoms with Gasteiger partial charge in [0, 0.05) is 6.54 Å². The number of sulfonamides is 1. The zero-order chi connectivity index (χ0) is 15.5. The smallest absolute Gasteiger partial charge is 0.262 e. The maximum atomic E-state index is 13.3. The van der Waals surface area contributed by atoms with Gasteiger partial charge in [0.1, 0.15) is 11.6 Å². The molecule has 2 rings (SSSR count). The van der Waals surface area contributed by atoms with Crippen LogP contribution >= 0.6 is 0 Å². The van der Waals surface area contributed by atoms with E-state index >= 15 is 0 Å². The molecule has 5 nitrogen and oxygen atoms in total. The van der Waals surface area contributed by atoms with Gasteiger partial charge in [0.05, 0.1) is 17.7 Å². The largest absolute Gasteiger partial charge is 0.495 e. The van der Waals surface area contributed by atoms with Gasteiger partial charge in [-0.2, -0.15) is 0 Å². The number of methoxy groups -OCH3 is 1. The van der Waals surface area contributed by atoms with Crippen LogP contribution in [0.2, 0.25) is 0 Å². The van der Waals surface area contributed by atoms with Crippen molar-refractivity contribution >= 4 is 15.7 Å². The van der Waals surface area contributed by atoms with Gasteiger partial charge in [-0.3, -0.25) is 4.72 Å². The lowest BCUT2D eigenvalue weighted by Gasteiger charge is -2.13. The monoisotopic (exact) mass is 310 g/mol. The van der Waals surface area contributed by atoms with E-state index in [-0.39, 0.29) is 17.1 Å². The summed E-state index contributed by atoms with van der Waals surface area (Å²) in [4.78, 5) is -0.184. The first-order valence-electron chi connectivity index (χ1n) is 6.12. The fourth-order valence-electron chi connectivity index (χ4n) is 1.88. The molecule has 21 heavy (non-hydrogen) atoms. The van der Waals surface area contributed by atoms with Gasteiger partial charge in [-0.25, -0.2) is 12.8 Å². The van der Waals surface area contributed by atoms with Crippen LogP contribution in [0.1, 0.15) is 5.56 Å². The van der Waals surface area contributed by atoms with Crippen molar-refractivity contribution in [2.24, 2.45) is 5.73 Å². The molecule has 112 valence electrons. The fraction of sp³-hybridized carbons (Fsp3) is 0.143. The van der Waals surface area contributed by atoms with Crippen molar-refractivity contribution in [2.45, 2.75) is 11.4 Å². The summed E-state index contributed by atoms with van der Waals surface area (Å²) in [6.45, 7) is -0.0115. The van der Waals surface area contributed by atoms with Gasteiger partial charge in [-0.05, 0) is 29.8 Å². The average Bonchev–Trinajstić information content (AvgIpc) is 2.47. The first kappa shape index (κ1) is 15.3. The van der Waals surface area contributed by atoms with Crippen LogP contribution in [-0.2, 0) is 16.6 Å². The van der Waals surface area contributed by atoms with Gasteiger partial charge in [-0.15, -0.1) is 0 Å². The Bertz CT molecular complexity index is 748. The number of benzene rings is 2. The van der Waals surface area contributed by atoms with E-state index in [9.17, 15) is 12.8 Å². The van der Waals surface area contributed by atoms with E-state index in [1.165, 1.54) is 19.2 Å². The topological polar surface area (TPSA) is 81.4 Å². The minimum Gasteiger partial charge on any atom is -0.495 e. The molecule has 0 spiro atoms. The number of hydrogen-bond acceptors (Lipinski definition) is 4. The molecule has 0 amide bonds. The second kappa shape index (κ2) is 6.11. The molecular weight excluding hydrogens is 295 g/mol. The van der Waals surface area contributed by atoms with Crippen LogP contribution in [-0.4, -0.2) is 15.5 Å². The Morgan fingerprint density at radius 1 is 1.24 bits per heavy atom. The molecule has 2 aromatic rings. The molecule has 0 saturated carbocycles. The lowest BCUT2D eigenvalue weighted by molar-refractivity contribution is 0.417. The second-order valence-electron chi connectivity index (χ2n) is 4.26. The molecule has 3 N–H and O–H groups in total. The van der Waals surface area contributed by atoms with Crippen molar-refractivity contribution in [2.75, 3.05) is 11.8 Å². The van der Waals surface area contributed by atoms with Crippen molar-refractivity contribution < 1.29 is 17.5 Å². The van der Waals surface area contributed by atoms with E-state index in [4.69, 9.17) is 10.5 Å². The molecule has 0 atom stereocenters. The maximum absolute atomic E-state index is 13.3. The van der Waals surface area contributed by atoms with Crippen molar-refractivity contribution in [3.63, 3.8) is 0 Å². The van der Waals surface area contributed by atoms with Crippen molar-refractivity contribution in [1.82, 2.24) is 0 Å². The quantitative estimate of drug-likeness (QED) is 0.886. The van der Waals surface area contributed by atoms with E-state index in [0.29, 0.717) is 11.3 Å². The second-order valence-corrected chi connectivity index (χ2v) is 5.91. The van der Waals surface area contributed by atoms with Crippen molar-refractivity contribution in [3.05, 3.63) is 53.8 Å². The third kappa shape index (κ3) is 3.32. The van der Waals surface area contributed by atoms with Crippen LogP contribution in [0.15, 0.2) is 47.4 Å². The first-order chi connectivity index (χ1) is 9.97. The fourth-order valence-corrected chi connectivity index (χ4v) is 3.21. The molecule has 0 heterocycles. The highest BCUT2D eigenvalue weighted by molar-refractivity contribution is 7.92. The summed E-state index contributed by atoms with van der Waals surface area (Å²) >= 11 is 0. The van der Waals surface area contributed by atoms with Crippen LogP contribution in [0.5, 0.6) is 5.75 Å². The number of rotatable bonds is 5. The van der Waals surface area contributed by atoms with E-state index in [0.717, 1.165) is 6.07 Å². The molecule has 0 unspecified atom stereocenters. The molecule has 0 aliphatic heterocycles. The number of ether oxygens (including phenoxy) is 1. The number of hydrogen-bond donors (Lipinski definition) is 2. The molecule has 0 aliphatic rings. The normalized spacial score (nSPS) is 11.2. The molecule has 0 saturated heterocycles. The van der Waals surface area contributed by atoms with Crippen molar-refractivity contribution in [3.8, 4) is 5.75 Å². The van der Waals surface area contributed by atoms with Crippen LogP contribution in [0.3, 0.4) is 0 Å². The summed E-state index contributed by atoms with van der Waals surface area (Å²) in [6, 6.07) is 10.0. The van der Waals surface area contributed by atoms with Gasteiger partial charge in [0.2, 0.25) is 0 Å². The predicted molar refractivity (Wildman–Crippen MR) is 78.1 cm³/mol. The Labute approximate surface area is 122 Å². The summed E-state index contributed by atoms with van der Waals surface area (Å²) in [5.74, 6) is -0.278. The van der Waals surface area contributed by atoms with Gasteiger partial charge in [0.25, 0.3) is 10.0 Å². The molecule has 2 aromatic carbocycles. The van der Waals surface area contributed by atoms with Crippen LogP contribution in [0.4, 0.5) is 10.1 Å². The Morgan fingerprint density at radius 2 is 1.95 bits per heavy atom. The maximum Gasteiger partial charge on any atom is 0.262 e. The number of anilines is 1. The third-order valence-corrected chi connectivity index (χ3v) is 4.34. The van der Waals surface area contributed by atoms with E-state index in [2.05, 4.69) is 4.72 Å². The number of halogens is 1. The minimum atomic E-state index is -3.96. The predicted octanol–water partition coefficient (Wildman–Crippen LogP) is 2.09. The van der Waals surface area contributed by atoms with Gasteiger partial charge >= 0.3 is 0 Å². The summed E-state index contributed by atoms with van der Waals surface area (Å²) < 4.78 is 45.6. The highest BCUT2D eigenvalue weighted by Crippen LogP contribution is 2.27. The first-order valence-corrected chi connectivity index (χ1v) is 7.60. The highest BCUT2D eigenvalue weighted by Gasteiger charge is 2.20. The summed E-state index contributed by atoms with van der Waals surface area (Å²) in [5, 5.41) is 0. The Hall–Kier alpha value is -2.12. The summed E-state index contributed by atoms with van der Waals surface area (Å²) in [6.07, 6.45) is 0. The molecule has 7 heteroatoms. The van der Waals surface area contributed by atoms with Crippen molar-refractivity contribution in [1.29, 1.82) is 0 Å². The highest BCUT2D eigenvalue weighted by atomic mass is 32.2. The van der Waals surface area contributed by atoms with Gasteiger partial charge in [0.15, 0.2) is 0 Å². The zero-order valence-electron chi connectivity index (χ0n) is 11.3. The number of para-hydroxylation sites is 2. The lowest BCUT2D eigenvalue weighted by atomic mass is 10.2. The standard InChI is InChI=1S/C14H15FN2O3S/c1-20-13-5-3-2-4-12(13)17-21(18,19)14-8-11(15)7-6-10(14)9-16/h2-8,17H,9,16H2,1H3. The Morgan fingerprint density at radius 3 is 2.62 bits per heavy atom. The molecule has 0 radical (unpaired) electrons. The van der Waals surface area contributed by atoms with Crippen LogP contribution in [0, 0.1) is 5.82 Å². The van der Waals surface area contributed by atoms with Crippen LogP contribution < -0.4 is 15.2 Å². The molecule has 0 fully saturated rings. The summed E-state index contributed by atoms with van der Waals surface area (Å²) in [5.41, 5.74) is 6.11. The average molecular weight is 310 g/mol. The minimum absolute atomic E-state index is 0.0115. The van der Waals surface area contributed by atoms with E-state index in [1.54, 1.807) is 24.3 Å². The van der Waals surface area contributed by atoms with Gasteiger partial charge < -0.3 is 10.5 Å².